The van der Waals surface area contributed by atoms with Crippen molar-refractivity contribution in [1.29, 1.82) is 0 Å². The molecule has 1 fully saturated rings. The van der Waals surface area contributed by atoms with Crippen molar-refractivity contribution in [3.05, 3.63) is 53.6 Å². The molecular formula is C31H43NO4. The van der Waals surface area contributed by atoms with Crippen molar-refractivity contribution >= 4 is 11.7 Å². The molecule has 0 aromatic heterocycles. The van der Waals surface area contributed by atoms with Gasteiger partial charge in [0.15, 0.2) is 0 Å². The molecule has 36 heavy (non-hydrogen) atoms. The van der Waals surface area contributed by atoms with Gasteiger partial charge in [-0.05, 0) is 82.6 Å². The van der Waals surface area contributed by atoms with Crippen molar-refractivity contribution in [3.8, 4) is 11.5 Å². The van der Waals surface area contributed by atoms with Crippen LogP contribution in [0.15, 0.2) is 42.5 Å². The molecule has 2 aliphatic rings. The zero-order valence-corrected chi connectivity index (χ0v) is 22.2. The summed E-state index contributed by atoms with van der Waals surface area (Å²) in [5.41, 5.74) is 3.63. The number of aliphatic hydroxyl groups excluding tert-OH is 1. The third kappa shape index (κ3) is 6.82. The Hall–Kier alpha value is -2.53. The molecule has 1 N–H and O–H groups in total. The number of fused-ring (bicyclic) bond motifs is 3. The normalized spacial score (nSPS) is 20.7. The Labute approximate surface area is 216 Å². The molecule has 2 aromatic carbocycles. The molecule has 5 nitrogen and oxygen atoms in total. The zero-order valence-electron chi connectivity index (χ0n) is 22.2. The van der Waals surface area contributed by atoms with E-state index in [0.717, 1.165) is 68.5 Å². The number of carbonyl (C=O) groups is 1. The first kappa shape index (κ1) is 26.5. The van der Waals surface area contributed by atoms with E-state index < -0.39 is 0 Å². The largest absolute Gasteiger partial charge is 0.491 e. The average molecular weight is 494 g/mol. The van der Waals surface area contributed by atoms with E-state index >= 15 is 0 Å². The molecule has 0 radical (unpaired) electrons. The van der Waals surface area contributed by atoms with Crippen LogP contribution in [0.1, 0.15) is 95.6 Å². The fourth-order valence-electron chi connectivity index (χ4n) is 5.94. The van der Waals surface area contributed by atoms with Crippen LogP contribution in [0.3, 0.4) is 0 Å². The number of rotatable bonds is 11. The summed E-state index contributed by atoms with van der Waals surface area (Å²) in [7, 11) is 0. The fraction of sp³-hybridized carbons (Fsp3) is 0.581. The van der Waals surface area contributed by atoms with Crippen LogP contribution in [-0.4, -0.2) is 35.9 Å². The zero-order chi connectivity index (χ0) is 25.5. The van der Waals surface area contributed by atoms with Crippen LogP contribution in [0, 0.1) is 0 Å². The van der Waals surface area contributed by atoms with Crippen LogP contribution in [0.25, 0.3) is 0 Å². The molecule has 4 atom stereocenters. The number of hydrogen-bond donors (Lipinski definition) is 1. The lowest BCUT2D eigenvalue weighted by Crippen LogP contribution is -2.44. The minimum Gasteiger partial charge on any atom is -0.491 e. The summed E-state index contributed by atoms with van der Waals surface area (Å²) >= 11 is 0. The third-order valence-corrected chi connectivity index (χ3v) is 7.82. The predicted molar refractivity (Wildman–Crippen MR) is 145 cm³/mol. The van der Waals surface area contributed by atoms with Gasteiger partial charge in [0.25, 0.3) is 0 Å². The van der Waals surface area contributed by atoms with Gasteiger partial charge in [-0.1, -0.05) is 37.3 Å². The van der Waals surface area contributed by atoms with Gasteiger partial charge in [0.2, 0.25) is 0 Å². The standard InChI is InChI=1S/C31H43NO4/c1-4-27(34)17-16-25-19-26-15-8-9-18-32(26)29-20-28(21-30(31(25)29)36-23(3)33)35-22(2)11-10-14-24-12-6-5-7-13-24/h5-7,12-13,20-22,25-27,34H,4,8-11,14-19H2,1-3H3. The quantitative estimate of drug-likeness (QED) is 0.276. The second kappa shape index (κ2) is 12.6. The van der Waals surface area contributed by atoms with E-state index in [1.165, 1.54) is 31.7 Å². The summed E-state index contributed by atoms with van der Waals surface area (Å²) in [6.45, 7) is 6.64. The average Bonchev–Trinajstić information content (AvgIpc) is 2.87. The Morgan fingerprint density at radius 1 is 1.17 bits per heavy atom. The van der Waals surface area contributed by atoms with E-state index in [0.29, 0.717) is 11.8 Å². The summed E-state index contributed by atoms with van der Waals surface area (Å²) in [5, 5.41) is 10.3. The maximum Gasteiger partial charge on any atom is 0.308 e. The van der Waals surface area contributed by atoms with Crippen LogP contribution >= 0.6 is 0 Å². The van der Waals surface area contributed by atoms with Gasteiger partial charge in [-0.2, -0.15) is 0 Å². The van der Waals surface area contributed by atoms with Gasteiger partial charge in [0.05, 0.1) is 12.2 Å². The Morgan fingerprint density at radius 2 is 1.97 bits per heavy atom. The molecule has 0 aliphatic carbocycles. The van der Waals surface area contributed by atoms with E-state index in [9.17, 15) is 9.90 Å². The molecule has 1 saturated heterocycles. The topological polar surface area (TPSA) is 59.0 Å². The summed E-state index contributed by atoms with van der Waals surface area (Å²) in [6, 6.07) is 15.2. The number of ether oxygens (including phenoxy) is 2. The van der Waals surface area contributed by atoms with Crippen LogP contribution in [-0.2, 0) is 11.2 Å². The Balaban J connectivity index is 1.56. The van der Waals surface area contributed by atoms with E-state index in [1.54, 1.807) is 0 Å². The smallest absolute Gasteiger partial charge is 0.308 e. The maximum absolute atomic E-state index is 12.1. The van der Waals surface area contributed by atoms with Crippen molar-refractivity contribution in [2.75, 3.05) is 11.4 Å². The minimum absolute atomic E-state index is 0.0631. The van der Waals surface area contributed by atoms with Crippen molar-refractivity contribution in [2.24, 2.45) is 0 Å². The number of aryl methyl sites for hydroxylation is 1. The molecule has 0 spiro atoms. The van der Waals surface area contributed by atoms with Crippen LogP contribution in [0.5, 0.6) is 11.5 Å². The third-order valence-electron chi connectivity index (χ3n) is 7.82. The summed E-state index contributed by atoms with van der Waals surface area (Å²) in [5.74, 6) is 1.37. The highest BCUT2D eigenvalue weighted by atomic mass is 16.5. The number of piperidine rings is 1. The second-order valence-electron chi connectivity index (χ2n) is 10.7. The van der Waals surface area contributed by atoms with E-state index in [1.807, 2.05) is 13.0 Å². The second-order valence-corrected chi connectivity index (χ2v) is 10.7. The van der Waals surface area contributed by atoms with Gasteiger partial charge in [0, 0.05) is 42.9 Å². The van der Waals surface area contributed by atoms with E-state index in [2.05, 4.69) is 48.2 Å². The van der Waals surface area contributed by atoms with Crippen molar-refractivity contribution < 1.29 is 19.4 Å². The first-order valence-corrected chi connectivity index (χ1v) is 14.0. The monoisotopic (exact) mass is 493 g/mol. The number of carbonyl (C=O) groups excluding carboxylic acids is 1. The van der Waals surface area contributed by atoms with Gasteiger partial charge in [0.1, 0.15) is 11.5 Å². The number of nitrogens with zero attached hydrogens (tertiary/aromatic N) is 1. The number of anilines is 1. The number of hydrogen-bond acceptors (Lipinski definition) is 5. The molecule has 196 valence electrons. The van der Waals surface area contributed by atoms with E-state index in [4.69, 9.17) is 9.47 Å². The van der Waals surface area contributed by atoms with Crippen LogP contribution < -0.4 is 14.4 Å². The summed E-state index contributed by atoms with van der Waals surface area (Å²) < 4.78 is 12.2. The van der Waals surface area contributed by atoms with E-state index in [-0.39, 0.29) is 24.1 Å². The van der Waals surface area contributed by atoms with Gasteiger partial charge < -0.3 is 19.5 Å². The molecular weight excluding hydrogens is 450 g/mol. The molecule has 2 heterocycles. The lowest BCUT2D eigenvalue weighted by Gasteiger charge is -2.46. The highest BCUT2D eigenvalue weighted by Crippen LogP contribution is 2.49. The predicted octanol–water partition coefficient (Wildman–Crippen LogP) is 6.80. The maximum atomic E-state index is 12.1. The molecule has 2 aromatic rings. The molecule has 5 heteroatoms. The first-order valence-electron chi connectivity index (χ1n) is 14.0. The molecule has 4 unspecified atom stereocenters. The van der Waals surface area contributed by atoms with Gasteiger partial charge in [-0.3, -0.25) is 4.79 Å². The number of aliphatic hydroxyl groups is 1. The highest BCUT2D eigenvalue weighted by Gasteiger charge is 2.37. The van der Waals surface area contributed by atoms with Crippen molar-refractivity contribution in [3.63, 3.8) is 0 Å². The molecule has 2 aliphatic heterocycles. The molecule has 0 bridgehead atoms. The summed E-state index contributed by atoms with van der Waals surface area (Å²) in [4.78, 5) is 14.6. The van der Waals surface area contributed by atoms with Crippen molar-refractivity contribution in [2.45, 2.75) is 109 Å². The van der Waals surface area contributed by atoms with Gasteiger partial charge in [-0.15, -0.1) is 0 Å². The van der Waals surface area contributed by atoms with Crippen LogP contribution in [0.4, 0.5) is 5.69 Å². The Bertz CT molecular complexity index is 992. The minimum atomic E-state index is -0.307. The molecule has 0 saturated carbocycles. The highest BCUT2D eigenvalue weighted by molar-refractivity contribution is 5.74. The number of esters is 1. The van der Waals surface area contributed by atoms with Gasteiger partial charge >= 0.3 is 5.97 Å². The first-order chi connectivity index (χ1) is 17.4. The van der Waals surface area contributed by atoms with Crippen LogP contribution in [0.2, 0.25) is 0 Å². The lowest BCUT2D eigenvalue weighted by atomic mass is 9.79. The summed E-state index contributed by atoms with van der Waals surface area (Å²) in [6.07, 6.45) is 9.94. The Morgan fingerprint density at radius 3 is 2.72 bits per heavy atom. The SMILES string of the molecule is CCC(O)CCC1CC2CCCCN2c2cc(OC(C)CCCc3ccccc3)cc(OC(C)=O)c21. The van der Waals surface area contributed by atoms with Gasteiger partial charge in [-0.25, -0.2) is 0 Å². The fourth-order valence-corrected chi connectivity index (χ4v) is 5.94. The molecule has 0 amide bonds. The number of benzene rings is 2. The van der Waals surface area contributed by atoms with Crippen molar-refractivity contribution in [1.82, 2.24) is 0 Å². The lowest BCUT2D eigenvalue weighted by molar-refractivity contribution is -0.131. The Kier molecular flexibility index (Phi) is 9.30. The molecule has 4 rings (SSSR count).